The summed E-state index contributed by atoms with van der Waals surface area (Å²) in [7, 11) is 0. The van der Waals surface area contributed by atoms with Gasteiger partial charge in [-0.3, -0.25) is 24.1 Å². The Balaban J connectivity index is 1.63. The summed E-state index contributed by atoms with van der Waals surface area (Å²) in [5.74, 6) is -2.15. The van der Waals surface area contributed by atoms with Gasteiger partial charge in [0.1, 0.15) is 6.54 Å². The number of hydrogen-bond donors (Lipinski definition) is 1. The van der Waals surface area contributed by atoms with Gasteiger partial charge in [-0.2, -0.15) is 0 Å². The monoisotopic (exact) mass is 391 g/mol. The number of carbonyl (C=O) groups is 4. The normalized spacial score (nSPS) is 12.5. The van der Waals surface area contributed by atoms with Crippen molar-refractivity contribution < 1.29 is 19.2 Å². The summed E-state index contributed by atoms with van der Waals surface area (Å²) in [6, 6.07) is 16.0. The van der Waals surface area contributed by atoms with Crippen LogP contribution in [0.15, 0.2) is 67.3 Å². The van der Waals surface area contributed by atoms with Gasteiger partial charge >= 0.3 is 0 Å². The van der Waals surface area contributed by atoms with Gasteiger partial charge in [0.2, 0.25) is 11.8 Å². The van der Waals surface area contributed by atoms with Gasteiger partial charge in [-0.25, -0.2) is 0 Å². The summed E-state index contributed by atoms with van der Waals surface area (Å²) in [5.41, 5.74) is 1.63. The number of hydrogen-bond acceptors (Lipinski definition) is 4. The summed E-state index contributed by atoms with van der Waals surface area (Å²) >= 11 is 0. The molecule has 0 saturated carbocycles. The van der Waals surface area contributed by atoms with Crippen LogP contribution in [0.1, 0.15) is 15.9 Å². The molecule has 0 unspecified atom stereocenters. The molecule has 2 aromatic carbocycles. The largest absolute Gasteiger partial charge is 0.350 e. The van der Waals surface area contributed by atoms with Crippen LogP contribution in [0.3, 0.4) is 0 Å². The minimum Gasteiger partial charge on any atom is -0.350 e. The van der Waals surface area contributed by atoms with E-state index in [2.05, 4.69) is 11.9 Å². The van der Waals surface area contributed by atoms with Gasteiger partial charge in [0.15, 0.2) is 0 Å². The van der Waals surface area contributed by atoms with Crippen molar-refractivity contribution >= 4 is 29.2 Å². The Morgan fingerprint density at radius 2 is 1.72 bits per heavy atom. The molecule has 0 aliphatic carbocycles. The molecule has 1 aliphatic heterocycles. The third-order valence-corrected chi connectivity index (χ3v) is 4.54. The zero-order valence-corrected chi connectivity index (χ0v) is 15.8. The number of fused-ring (bicyclic) bond motifs is 1. The number of nitrogens with zero attached hydrogens (tertiary/aromatic N) is 2. The van der Waals surface area contributed by atoms with E-state index >= 15 is 0 Å². The Labute approximate surface area is 168 Å². The Kier molecular flexibility index (Phi) is 6.19. The lowest BCUT2D eigenvalue weighted by Crippen LogP contribution is -2.46. The molecule has 3 rings (SSSR count). The molecular formula is C22H21N3O4. The highest BCUT2D eigenvalue weighted by Crippen LogP contribution is 2.28. The molecule has 7 nitrogen and oxygen atoms in total. The number of Topliss-reactive ketones (excluding diaryl/α,β-unsaturated/α-hetero) is 1. The average Bonchev–Trinajstić information content (AvgIpc) is 2.98. The molecule has 1 aliphatic rings. The highest BCUT2D eigenvalue weighted by atomic mass is 16.2. The first kappa shape index (κ1) is 20.0. The number of nitrogens with one attached hydrogen (secondary N) is 1. The molecule has 1 N–H and O–H groups in total. The van der Waals surface area contributed by atoms with E-state index in [0.717, 1.165) is 10.5 Å². The summed E-state index contributed by atoms with van der Waals surface area (Å²) in [6.45, 7) is 3.63. The predicted octanol–water partition coefficient (Wildman–Crippen LogP) is 1.55. The fourth-order valence-corrected chi connectivity index (χ4v) is 3.08. The quantitative estimate of drug-likeness (QED) is 0.546. The van der Waals surface area contributed by atoms with Crippen molar-refractivity contribution in [2.75, 3.05) is 24.5 Å². The van der Waals surface area contributed by atoms with E-state index in [1.165, 1.54) is 11.0 Å². The van der Waals surface area contributed by atoms with Gasteiger partial charge in [-0.1, -0.05) is 48.5 Å². The van der Waals surface area contributed by atoms with Crippen LogP contribution in [-0.2, 0) is 20.9 Å². The van der Waals surface area contributed by atoms with Crippen molar-refractivity contribution in [3.8, 4) is 0 Å². The second kappa shape index (κ2) is 8.97. The second-order valence-electron chi connectivity index (χ2n) is 6.56. The number of ketones is 1. The standard InChI is InChI=1S/C22H21N3O4/c1-2-12-24(14-19(26)23-13-16-8-4-3-5-9-16)20(27)15-25-18-11-7-6-10-17(18)21(28)22(25)29/h2-11H,1,12-15H2,(H,23,26). The first-order valence-electron chi connectivity index (χ1n) is 9.15. The molecule has 0 radical (unpaired) electrons. The number of anilines is 1. The molecule has 2 aromatic rings. The molecule has 0 saturated heterocycles. The SMILES string of the molecule is C=CCN(CC(=O)NCc1ccccc1)C(=O)CN1C(=O)C(=O)c2ccccc21. The van der Waals surface area contributed by atoms with Crippen LogP contribution in [0.25, 0.3) is 0 Å². The molecule has 29 heavy (non-hydrogen) atoms. The van der Waals surface area contributed by atoms with E-state index in [1.54, 1.807) is 24.3 Å². The second-order valence-corrected chi connectivity index (χ2v) is 6.56. The van der Waals surface area contributed by atoms with E-state index in [0.29, 0.717) is 12.2 Å². The number of para-hydroxylation sites is 1. The maximum Gasteiger partial charge on any atom is 0.299 e. The molecule has 0 bridgehead atoms. The minimum atomic E-state index is -0.744. The summed E-state index contributed by atoms with van der Waals surface area (Å²) in [5, 5.41) is 2.77. The summed E-state index contributed by atoms with van der Waals surface area (Å²) < 4.78 is 0. The Morgan fingerprint density at radius 1 is 1.03 bits per heavy atom. The molecule has 0 atom stereocenters. The Morgan fingerprint density at radius 3 is 2.45 bits per heavy atom. The Bertz CT molecular complexity index is 956. The third kappa shape index (κ3) is 4.57. The third-order valence-electron chi connectivity index (χ3n) is 4.54. The van der Waals surface area contributed by atoms with Gasteiger partial charge in [0.05, 0.1) is 17.8 Å². The Hall–Kier alpha value is -3.74. The van der Waals surface area contributed by atoms with E-state index < -0.39 is 17.6 Å². The smallest absolute Gasteiger partial charge is 0.299 e. The number of amides is 3. The van der Waals surface area contributed by atoms with Gasteiger partial charge in [0.25, 0.3) is 11.7 Å². The van der Waals surface area contributed by atoms with E-state index in [1.807, 2.05) is 30.3 Å². The van der Waals surface area contributed by atoms with Crippen molar-refractivity contribution in [2.24, 2.45) is 0 Å². The van der Waals surface area contributed by atoms with Crippen LogP contribution in [0, 0.1) is 0 Å². The van der Waals surface area contributed by atoms with Crippen molar-refractivity contribution in [3.05, 3.63) is 78.4 Å². The average molecular weight is 391 g/mol. The van der Waals surface area contributed by atoms with Gasteiger partial charge in [-0.15, -0.1) is 6.58 Å². The molecule has 148 valence electrons. The van der Waals surface area contributed by atoms with Crippen molar-refractivity contribution in [1.29, 1.82) is 0 Å². The molecular weight excluding hydrogens is 370 g/mol. The van der Waals surface area contributed by atoms with Crippen LogP contribution in [-0.4, -0.2) is 48.0 Å². The first-order valence-corrected chi connectivity index (χ1v) is 9.15. The minimum absolute atomic E-state index is 0.148. The number of carbonyl (C=O) groups excluding carboxylic acids is 4. The lowest BCUT2D eigenvalue weighted by molar-refractivity contribution is -0.135. The molecule has 0 aromatic heterocycles. The summed E-state index contributed by atoms with van der Waals surface area (Å²) in [6.07, 6.45) is 1.51. The highest BCUT2D eigenvalue weighted by molar-refractivity contribution is 6.52. The first-order chi connectivity index (χ1) is 14.0. The maximum atomic E-state index is 12.8. The van der Waals surface area contributed by atoms with Crippen molar-refractivity contribution in [1.82, 2.24) is 10.2 Å². The fourth-order valence-electron chi connectivity index (χ4n) is 3.08. The highest BCUT2D eigenvalue weighted by Gasteiger charge is 2.37. The van der Waals surface area contributed by atoms with Crippen molar-refractivity contribution in [3.63, 3.8) is 0 Å². The van der Waals surface area contributed by atoms with Crippen LogP contribution >= 0.6 is 0 Å². The topological polar surface area (TPSA) is 86.8 Å². The summed E-state index contributed by atoms with van der Waals surface area (Å²) in [4.78, 5) is 51.8. The van der Waals surface area contributed by atoms with Crippen LogP contribution in [0.4, 0.5) is 5.69 Å². The molecule has 1 heterocycles. The molecule has 7 heteroatoms. The van der Waals surface area contributed by atoms with Gasteiger partial charge in [0, 0.05) is 13.1 Å². The van der Waals surface area contributed by atoms with Gasteiger partial charge in [-0.05, 0) is 17.7 Å². The van der Waals surface area contributed by atoms with E-state index in [-0.39, 0.29) is 31.1 Å². The van der Waals surface area contributed by atoms with Crippen molar-refractivity contribution in [2.45, 2.75) is 6.54 Å². The van der Waals surface area contributed by atoms with E-state index in [9.17, 15) is 19.2 Å². The number of rotatable bonds is 8. The van der Waals surface area contributed by atoms with Crippen LogP contribution in [0.5, 0.6) is 0 Å². The molecule has 0 spiro atoms. The molecule has 0 fully saturated rings. The lowest BCUT2D eigenvalue weighted by atomic mass is 10.1. The maximum absolute atomic E-state index is 12.8. The zero-order chi connectivity index (χ0) is 20.8. The number of benzene rings is 2. The van der Waals surface area contributed by atoms with Crippen LogP contribution < -0.4 is 10.2 Å². The predicted molar refractivity (Wildman–Crippen MR) is 108 cm³/mol. The van der Waals surface area contributed by atoms with Gasteiger partial charge < -0.3 is 10.2 Å². The lowest BCUT2D eigenvalue weighted by Gasteiger charge is -2.24. The zero-order valence-electron chi connectivity index (χ0n) is 15.8. The van der Waals surface area contributed by atoms with E-state index in [4.69, 9.17) is 0 Å². The van der Waals surface area contributed by atoms with Crippen LogP contribution in [0.2, 0.25) is 0 Å². The fraction of sp³-hybridized carbons (Fsp3) is 0.182. The molecule has 3 amide bonds.